The number of oxazole rings is 1. The summed E-state index contributed by atoms with van der Waals surface area (Å²) in [4.78, 5) is 16.3. The van der Waals surface area contributed by atoms with Crippen LogP contribution in [0.3, 0.4) is 0 Å². The van der Waals surface area contributed by atoms with Gasteiger partial charge in [0.25, 0.3) is 5.91 Å². The molecule has 5 heteroatoms. The Morgan fingerprint density at radius 1 is 1.35 bits per heavy atom. The lowest BCUT2D eigenvalue weighted by atomic mass is 10.1. The van der Waals surface area contributed by atoms with E-state index in [1.807, 2.05) is 30.3 Å². The van der Waals surface area contributed by atoms with Gasteiger partial charge in [-0.1, -0.05) is 18.2 Å². The summed E-state index contributed by atoms with van der Waals surface area (Å²) in [5.41, 5.74) is 1.19. The number of carbonyl (C=O) groups is 1. The summed E-state index contributed by atoms with van der Waals surface area (Å²) in [6.45, 7) is 1.84. The number of nitrogens with zero attached hydrogens (tertiary/aromatic N) is 1. The molecule has 1 aromatic carbocycles. The number of carbonyl (C=O) groups excluding carboxylic acids is 1. The molecular weight excluding hydrogens is 254 g/mol. The molecule has 2 heterocycles. The third-order valence-electron chi connectivity index (χ3n) is 3.39. The predicted molar refractivity (Wildman–Crippen MR) is 75.3 cm³/mol. The smallest absolute Gasteiger partial charge is 0.273 e. The van der Waals surface area contributed by atoms with E-state index in [4.69, 9.17) is 4.42 Å². The van der Waals surface area contributed by atoms with Gasteiger partial charge in [-0.25, -0.2) is 4.98 Å². The number of hydrogen-bond acceptors (Lipinski definition) is 4. The first-order valence-corrected chi connectivity index (χ1v) is 6.85. The Morgan fingerprint density at radius 2 is 2.20 bits per heavy atom. The van der Waals surface area contributed by atoms with E-state index in [1.165, 1.54) is 6.26 Å². The van der Waals surface area contributed by atoms with Crippen LogP contribution in [-0.4, -0.2) is 30.0 Å². The second kappa shape index (κ2) is 5.88. The molecule has 2 N–H and O–H groups in total. The molecule has 0 saturated carbocycles. The molecule has 1 saturated heterocycles. The van der Waals surface area contributed by atoms with Gasteiger partial charge in [0.1, 0.15) is 6.26 Å². The number of hydrogen-bond donors (Lipinski definition) is 2. The maximum atomic E-state index is 12.1. The Bertz CT molecular complexity index is 574. The second-order valence-electron chi connectivity index (χ2n) is 4.92. The summed E-state index contributed by atoms with van der Waals surface area (Å²) in [5.74, 6) is 0.294. The van der Waals surface area contributed by atoms with Crippen molar-refractivity contribution in [2.24, 2.45) is 0 Å². The fraction of sp³-hybridized carbons (Fsp3) is 0.333. The number of aromatic nitrogens is 1. The first kappa shape index (κ1) is 12.9. The maximum absolute atomic E-state index is 12.1. The van der Waals surface area contributed by atoms with Crippen molar-refractivity contribution in [3.05, 3.63) is 42.3 Å². The van der Waals surface area contributed by atoms with E-state index >= 15 is 0 Å². The molecule has 104 valence electrons. The van der Waals surface area contributed by atoms with Crippen molar-refractivity contribution in [3.8, 4) is 11.5 Å². The highest BCUT2D eigenvalue weighted by Crippen LogP contribution is 2.18. The van der Waals surface area contributed by atoms with Gasteiger partial charge in [0.2, 0.25) is 5.89 Å². The van der Waals surface area contributed by atoms with Crippen LogP contribution in [0.15, 0.2) is 41.0 Å². The molecule has 2 aromatic rings. The van der Waals surface area contributed by atoms with E-state index < -0.39 is 0 Å². The van der Waals surface area contributed by atoms with Gasteiger partial charge in [0, 0.05) is 18.2 Å². The van der Waals surface area contributed by atoms with Crippen LogP contribution in [0.1, 0.15) is 23.3 Å². The first-order valence-electron chi connectivity index (χ1n) is 6.85. The molecule has 5 nitrogen and oxygen atoms in total. The maximum Gasteiger partial charge on any atom is 0.273 e. The molecule has 1 amide bonds. The van der Waals surface area contributed by atoms with Gasteiger partial charge in [0.15, 0.2) is 5.69 Å². The van der Waals surface area contributed by atoms with Crippen molar-refractivity contribution in [1.82, 2.24) is 15.6 Å². The highest BCUT2D eigenvalue weighted by atomic mass is 16.3. The lowest BCUT2D eigenvalue weighted by Crippen LogP contribution is -2.45. The largest absolute Gasteiger partial charge is 0.444 e. The minimum atomic E-state index is -0.176. The van der Waals surface area contributed by atoms with Gasteiger partial charge in [-0.15, -0.1) is 0 Å². The molecule has 3 rings (SSSR count). The predicted octanol–water partition coefficient (Wildman–Crippen LogP) is 1.82. The average Bonchev–Trinajstić information content (AvgIpc) is 2.99. The lowest BCUT2D eigenvalue weighted by Gasteiger charge is -2.23. The minimum absolute atomic E-state index is 0.174. The standard InChI is InChI=1S/C15H17N3O2/c19-14(17-12-7-4-8-16-9-12)13-10-20-15(18-13)11-5-2-1-3-6-11/h1-3,5-6,10,12,16H,4,7-9H2,(H,17,19). The number of benzene rings is 1. The molecule has 0 radical (unpaired) electrons. The van der Waals surface area contributed by atoms with Crippen LogP contribution in [0.5, 0.6) is 0 Å². The second-order valence-corrected chi connectivity index (χ2v) is 4.92. The van der Waals surface area contributed by atoms with Crippen LogP contribution >= 0.6 is 0 Å². The summed E-state index contributed by atoms with van der Waals surface area (Å²) >= 11 is 0. The van der Waals surface area contributed by atoms with Crippen molar-refractivity contribution in [2.75, 3.05) is 13.1 Å². The van der Waals surface area contributed by atoms with Crippen molar-refractivity contribution in [1.29, 1.82) is 0 Å². The highest BCUT2D eigenvalue weighted by molar-refractivity contribution is 5.92. The van der Waals surface area contributed by atoms with E-state index in [9.17, 15) is 4.79 Å². The lowest BCUT2D eigenvalue weighted by molar-refractivity contribution is 0.0925. The first-order chi connectivity index (χ1) is 9.83. The van der Waals surface area contributed by atoms with Gasteiger partial charge in [-0.2, -0.15) is 0 Å². The van der Waals surface area contributed by atoms with Gasteiger partial charge >= 0.3 is 0 Å². The van der Waals surface area contributed by atoms with Crippen LogP contribution in [0.2, 0.25) is 0 Å². The minimum Gasteiger partial charge on any atom is -0.444 e. The van der Waals surface area contributed by atoms with E-state index in [0.717, 1.165) is 31.5 Å². The Labute approximate surface area is 117 Å². The van der Waals surface area contributed by atoms with Crippen LogP contribution in [-0.2, 0) is 0 Å². The van der Waals surface area contributed by atoms with Crippen LogP contribution in [0.25, 0.3) is 11.5 Å². The van der Waals surface area contributed by atoms with Gasteiger partial charge in [-0.3, -0.25) is 4.79 Å². The van der Waals surface area contributed by atoms with Crippen molar-refractivity contribution in [2.45, 2.75) is 18.9 Å². The molecule has 1 aliphatic heterocycles. The number of piperidine rings is 1. The average molecular weight is 271 g/mol. The highest BCUT2D eigenvalue weighted by Gasteiger charge is 2.19. The third kappa shape index (κ3) is 2.88. The molecule has 1 aliphatic rings. The summed E-state index contributed by atoms with van der Waals surface area (Å²) in [7, 11) is 0. The fourth-order valence-electron chi connectivity index (χ4n) is 2.33. The zero-order chi connectivity index (χ0) is 13.8. The summed E-state index contributed by atoms with van der Waals surface area (Å²) in [5, 5.41) is 6.24. The van der Waals surface area contributed by atoms with Gasteiger partial charge in [-0.05, 0) is 31.5 Å². The van der Waals surface area contributed by atoms with Crippen LogP contribution in [0.4, 0.5) is 0 Å². The van der Waals surface area contributed by atoms with Gasteiger partial charge < -0.3 is 15.1 Å². The molecule has 1 unspecified atom stereocenters. The zero-order valence-electron chi connectivity index (χ0n) is 11.1. The fourth-order valence-corrected chi connectivity index (χ4v) is 2.33. The topological polar surface area (TPSA) is 67.2 Å². The molecule has 20 heavy (non-hydrogen) atoms. The Balaban J connectivity index is 1.68. The van der Waals surface area contributed by atoms with E-state index in [-0.39, 0.29) is 11.9 Å². The summed E-state index contributed by atoms with van der Waals surface area (Å²) in [6.07, 6.45) is 3.50. The van der Waals surface area contributed by atoms with Crippen molar-refractivity contribution < 1.29 is 9.21 Å². The molecular formula is C15H17N3O2. The van der Waals surface area contributed by atoms with E-state index in [1.54, 1.807) is 0 Å². The Hall–Kier alpha value is -2.14. The van der Waals surface area contributed by atoms with Gasteiger partial charge in [0.05, 0.1) is 0 Å². The monoisotopic (exact) mass is 271 g/mol. The SMILES string of the molecule is O=C(NC1CCCNC1)c1coc(-c2ccccc2)n1. The van der Waals surface area contributed by atoms with Crippen molar-refractivity contribution >= 4 is 5.91 Å². The molecule has 1 aromatic heterocycles. The van der Waals surface area contributed by atoms with E-state index in [2.05, 4.69) is 15.6 Å². The van der Waals surface area contributed by atoms with E-state index in [0.29, 0.717) is 11.6 Å². The summed E-state index contributed by atoms with van der Waals surface area (Å²) in [6, 6.07) is 9.72. The third-order valence-corrected chi connectivity index (χ3v) is 3.39. The normalized spacial score (nSPS) is 18.7. The molecule has 1 atom stereocenters. The number of rotatable bonds is 3. The van der Waals surface area contributed by atoms with Crippen LogP contribution in [0, 0.1) is 0 Å². The zero-order valence-corrected chi connectivity index (χ0v) is 11.1. The van der Waals surface area contributed by atoms with Crippen LogP contribution < -0.4 is 10.6 Å². The molecule has 0 aliphatic carbocycles. The quantitative estimate of drug-likeness (QED) is 0.893. The Kier molecular flexibility index (Phi) is 3.78. The van der Waals surface area contributed by atoms with Crippen molar-refractivity contribution in [3.63, 3.8) is 0 Å². The number of amides is 1. The number of nitrogens with one attached hydrogen (secondary N) is 2. The molecule has 1 fully saturated rings. The molecule has 0 bridgehead atoms. The molecule has 0 spiro atoms. The Morgan fingerprint density at radius 3 is 2.95 bits per heavy atom. The summed E-state index contributed by atoms with van der Waals surface area (Å²) < 4.78 is 5.37.